The van der Waals surface area contributed by atoms with E-state index >= 15 is 0 Å². The van der Waals surface area contributed by atoms with Gasteiger partial charge < -0.3 is 10.5 Å². The molecular formula is C11H14FNO. The summed E-state index contributed by atoms with van der Waals surface area (Å²) >= 11 is 0. The summed E-state index contributed by atoms with van der Waals surface area (Å²) in [6.07, 6.45) is 1.91. The summed E-state index contributed by atoms with van der Waals surface area (Å²) in [5.41, 5.74) is 7.26. The largest absolute Gasteiger partial charge is 0.496 e. The van der Waals surface area contributed by atoms with Gasteiger partial charge in [0.05, 0.1) is 7.11 Å². The van der Waals surface area contributed by atoms with Crippen LogP contribution in [-0.4, -0.2) is 7.11 Å². The monoisotopic (exact) mass is 195 g/mol. The van der Waals surface area contributed by atoms with Gasteiger partial charge in [-0.05, 0) is 25.8 Å². The maximum Gasteiger partial charge on any atom is 0.129 e. The molecule has 0 amide bonds. The Bertz CT molecular complexity index is 372. The molecule has 2 N–H and O–H groups in total. The fourth-order valence-electron chi connectivity index (χ4n) is 1.73. The number of hydrogen-bond donors (Lipinski definition) is 1. The van der Waals surface area contributed by atoms with E-state index in [0.717, 1.165) is 18.4 Å². The Kier molecular flexibility index (Phi) is 2.00. The molecule has 0 atom stereocenters. The van der Waals surface area contributed by atoms with Gasteiger partial charge >= 0.3 is 0 Å². The van der Waals surface area contributed by atoms with Crippen LogP contribution < -0.4 is 10.5 Å². The summed E-state index contributed by atoms with van der Waals surface area (Å²) in [6, 6.07) is 3.19. The van der Waals surface area contributed by atoms with Crippen molar-refractivity contribution in [1.82, 2.24) is 0 Å². The van der Waals surface area contributed by atoms with E-state index in [1.165, 1.54) is 6.07 Å². The van der Waals surface area contributed by atoms with Crippen LogP contribution in [0.1, 0.15) is 24.0 Å². The highest BCUT2D eigenvalue weighted by atomic mass is 19.1. The van der Waals surface area contributed by atoms with Crippen LogP contribution in [0.5, 0.6) is 5.75 Å². The molecule has 1 aromatic rings. The third kappa shape index (κ3) is 1.28. The number of halogens is 1. The summed E-state index contributed by atoms with van der Waals surface area (Å²) < 4.78 is 18.4. The molecule has 1 fully saturated rings. The Hall–Kier alpha value is -1.09. The van der Waals surface area contributed by atoms with Gasteiger partial charge in [0.2, 0.25) is 0 Å². The van der Waals surface area contributed by atoms with Crippen LogP contribution in [0, 0.1) is 12.7 Å². The third-order valence-corrected chi connectivity index (χ3v) is 2.87. The first kappa shape index (κ1) is 9.46. The lowest BCUT2D eigenvalue weighted by atomic mass is 10.0. The second kappa shape index (κ2) is 2.95. The highest BCUT2D eigenvalue weighted by Crippen LogP contribution is 2.47. The molecule has 0 heterocycles. The predicted octanol–water partition coefficient (Wildman–Crippen LogP) is 2.09. The van der Waals surface area contributed by atoms with Gasteiger partial charge in [-0.1, -0.05) is 6.07 Å². The Labute approximate surface area is 82.9 Å². The summed E-state index contributed by atoms with van der Waals surface area (Å²) in [5.74, 6) is 0.361. The van der Waals surface area contributed by atoms with Gasteiger partial charge in [0.15, 0.2) is 0 Å². The standard InChI is InChI=1S/C11H14FNO/c1-7-9(12)4-3-8(10(7)14-2)11(13)5-6-11/h3-4H,5-6,13H2,1-2H3. The van der Waals surface area contributed by atoms with Crippen molar-refractivity contribution in [3.8, 4) is 5.75 Å². The van der Waals surface area contributed by atoms with Crippen LogP contribution >= 0.6 is 0 Å². The topological polar surface area (TPSA) is 35.2 Å². The summed E-state index contributed by atoms with van der Waals surface area (Å²) in [7, 11) is 1.55. The van der Waals surface area contributed by atoms with Crippen LogP contribution in [0.4, 0.5) is 4.39 Å². The minimum Gasteiger partial charge on any atom is -0.496 e. The molecule has 2 nitrogen and oxygen atoms in total. The summed E-state index contributed by atoms with van der Waals surface area (Å²) in [6.45, 7) is 1.71. The lowest BCUT2D eigenvalue weighted by molar-refractivity contribution is 0.396. The molecular weight excluding hydrogens is 181 g/mol. The van der Waals surface area contributed by atoms with Crippen LogP contribution in [0.2, 0.25) is 0 Å². The van der Waals surface area contributed by atoms with Gasteiger partial charge in [0.1, 0.15) is 11.6 Å². The zero-order chi connectivity index (χ0) is 10.3. The normalized spacial score (nSPS) is 18.0. The SMILES string of the molecule is COc1c(C2(N)CC2)ccc(F)c1C. The summed E-state index contributed by atoms with van der Waals surface area (Å²) in [5, 5.41) is 0. The van der Waals surface area contributed by atoms with Crippen molar-refractivity contribution < 1.29 is 9.13 Å². The molecule has 0 radical (unpaired) electrons. The van der Waals surface area contributed by atoms with Crippen molar-refractivity contribution in [2.75, 3.05) is 7.11 Å². The molecule has 76 valence electrons. The van der Waals surface area contributed by atoms with Gasteiger partial charge in [-0.2, -0.15) is 0 Å². The molecule has 14 heavy (non-hydrogen) atoms. The second-order valence-electron chi connectivity index (χ2n) is 3.91. The maximum absolute atomic E-state index is 13.2. The zero-order valence-electron chi connectivity index (χ0n) is 8.43. The van der Waals surface area contributed by atoms with E-state index in [2.05, 4.69) is 0 Å². The molecule has 1 aromatic carbocycles. The van der Waals surface area contributed by atoms with E-state index in [0.29, 0.717) is 11.3 Å². The molecule has 2 rings (SSSR count). The molecule has 0 unspecified atom stereocenters. The smallest absolute Gasteiger partial charge is 0.129 e. The maximum atomic E-state index is 13.2. The molecule has 0 aromatic heterocycles. The summed E-state index contributed by atoms with van der Waals surface area (Å²) in [4.78, 5) is 0. The first-order chi connectivity index (χ1) is 6.58. The Balaban J connectivity index is 2.55. The second-order valence-corrected chi connectivity index (χ2v) is 3.91. The van der Waals surface area contributed by atoms with Gasteiger partial charge in [-0.25, -0.2) is 4.39 Å². The number of ether oxygens (including phenoxy) is 1. The van der Waals surface area contributed by atoms with Gasteiger partial charge in [-0.3, -0.25) is 0 Å². The van der Waals surface area contributed by atoms with Crippen LogP contribution in [-0.2, 0) is 5.54 Å². The highest BCUT2D eigenvalue weighted by Gasteiger charge is 2.42. The zero-order valence-corrected chi connectivity index (χ0v) is 8.43. The average molecular weight is 195 g/mol. The van der Waals surface area contributed by atoms with E-state index in [1.807, 2.05) is 0 Å². The van der Waals surface area contributed by atoms with E-state index in [-0.39, 0.29) is 11.4 Å². The van der Waals surface area contributed by atoms with E-state index in [4.69, 9.17) is 10.5 Å². The van der Waals surface area contributed by atoms with Gasteiger partial charge in [-0.15, -0.1) is 0 Å². The van der Waals surface area contributed by atoms with Crippen molar-refractivity contribution in [2.24, 2.45) is 5.73 Å². The van der Waals surface area contributed by atoms with Crippen molar-refractivity contribution in [3.63, 3.8) is 0 Å². The van der Waals surface area contributed by atoms with Crippen molar-refractivity contribution >= 4 is 0 Å². The van der Waals surface area contributed by atoms with Crippen molar-refractivity contribution in [3.05, 3.63) is 29.1 Å². The molecule has 1 aliphatic carbocycles. The van der Waals surface area contributed by atoms with E-state index < -0.39 is 0 Å². The minimum atomic E-state index is -0.274. The Morgan fingerprint density at radius 2 is 2.07 bits per heavy atom. The fourth-order valence-corrected chi connectivity index (χ4v) is 1.73. The van der Waals surface area contributed by atoms with Crippen LogP contribution in [0.15, 0.2) is 12.1 Å². The molecule has 1 aliphatic rings. The molecule has 0 bridgehead atoms. The van der Waals surface area contributed by atoms with Crippen molar-refractivity contribution in [1.29, 1.82) is 0 Å². The quantitative estimate of drug-likeness (QED) is 0.784. The number of nitrogens with two attached hydrogens (primary N) is 1. The lowest BCUT2D eigenvalue weighted by Gasteiger charge is -2.16. The van der Waals surface area contributed by atoms with Gasteiger partial charge in [0.25, 0.3) is 0 Å². The molecule has 3 heteroatoms. The molecule has 0 spiro atoms. The molecule has 1 saturated carbocycles. The third-order valence-electron chi connectivity index (χ3n) is 2.87. The van der Waals surface area contributed by atoms with E-state index in [9.17, 15) is 4.39 Å². The number of hydrogen-bond acceptors (Lipinski definition) is 2. The van der Waals surface area contributed by atoms with Crippen LogP contribution in [0.25, 0.3) is 0 Å². The average Bonchev–Trinajstić information content (AvgIpc) is 2.89. The predicted molar refractivity (Wildman–Crippen MR) is 52.8 cm³/mol. The molecule has 0 aliphatic heterocycles. The van der Waals surface area contributed by atoms with Crippen LogP contribution in [0.3, 0.4) is 0 Å². The number of benzene rings is 1. The minimum absolute atomic E-state index is 0.241. The Morgan fingerprint density at radius 3 is 2.57 bits per heavy atom. The molecule has 0 saturated heterocycles. The number of methoxy groups -OCH3 is 1. The first-order valence-corrected chi connectivity index (χ1v) is 4.71. The fraction of sp³-hybridized carbons (Fsp3) is 0.455. The first-order valence-electron chi connectivity index (χ1n) is 4.71. The number of rotatable bonds is 2. The Morgan fingerprint density at radius 1 is 1.43 bits per heavy atom. The highest BCUT2D eigenvalue weighted by molar-refractivity contribution is 5.47. The van der Waals surface area contributed by atoms with Crippen molar-refractivity contribution in [2.45, 2.75) is 25.3 Å². The van der Waals surface area contributed by atoms with E-state index in [1.54, 1.807) is 20.1 Å². The lowest BCUT2D eigenvalue weighted by Crippen LogP contribution is -2.20. The van der Waals surface area contributed by atoms with Gasteiger partial charge in [0, 0.05) is 16.7 Å².